The van der Waals surface area contributed by atoms with Crippen LogP contribution in [0.25, 0.3) is 16.9 Å². The van der Waals surface area contributed by atoms with Crippen molar-refractivity contribution in [2.24, 2.45) is 0 Å². The quantitative estimate of drug-likeness (QED) is 0.251. The molecule has 0 spiro atoms. The first-order valence-electron chi connectivity index (χ1n) is 14.6. The second kappa shape index (κ2) is 11.8. The van der Waals surface area contributed by atoms with Gasteiger partial charge in [0.1, 0.15) is 5.56 Å². The van der Waals surface area contributed by atoms with Crippen molar-refractivity contribution in [1.82, 2.24) is 14.6 Å². The Morgan fingerprint density at radius 1 is 1.03 bits per heavy atom. The second-order valence-electron chi connectivity index (χ2n) is 12.3. The summed E-state index contributed by atoms with van der Waals surface area (Å²) in [5, 5.41) is 13.3. The van der Waals surface area contributed by atoms with Crippen LogP contribution in [0, 0.1) is 0 Å². The van der Waals surface area contributed by atoms with E-state index in [9.17, 15) is 14.7 Å². The Morgan fingerprint density at radius 2 is 1.62 bits per heavy atom. The van der Waals surface area contributed by atoms with Crippen molar-refractivity contribution in [2.75, 3.05) is 6.61 Å². The van der Waals surface area contributed by atoms with Crippen LogP contribution in [0.2, 0.25) is 16.6 Å². The molecule has 39 heavy (non-hydrogen) atoms. The van der Waals surface area contributed by atoms with Gasteiger partial charge >= 0.3 is 5.97 Å². The number of carboxylic acid groups (broad SMARTS) is 1. The van der Waals surface area contributed by atoms with Gasteiger partial charge in [-0.05, 0) is 40.9 Å². The van der Waals surface area contributed by atoms with Crippen LogP contribution in [-0.2, 0) is 4.43 Å². The summed E-state index contributed by atoms with van der Waals surface area (Å²) in [5.41, 5.74) is 4.19. The van der Waals surface area contributed by atoms with Gasteiger partial charge in [-0.1, -0.05) is 92.0 Å². The van der Waals surface area contributed by atoms with Crippen molar-refractivity contribution in [3.05, 3.63) is 57.5 Å². The van der Waals surface area contributed by atoms with E-state index in [4.69, 9.17) is 4.43 Å². The van der Waals surface area contributed by atoms with E-state index in [2.05, 4.69) is 63.8 Å². The Hall–Kier alpha value is -2.71. The average Bonchev–Trinajstić information content (AvgIpc) is 3.29. The summed E-state index contributed by atoms with van der Waals surface area (Å²) in [6.45, 7) is 15.7. The van der Waals surface area contributed by atoms with Crippen LogP contribution >= 0.6 is 0 Å². The number of aromatic amines is 1. The molecule has 0 radical (unpaired) electrons. The fraction of sp³-hybridized carbons (Fsp3) is 0.581. The summed E-state index contributed by atoms with van der Waals surface area (Å²) in [7, 11) is -2.13. The maximum Gasteiger partial charge on any atom is 0.341 e. The Morgan fingerprint density at radius 3 is 2.15 bits per heavy atom. The van der Waals surface area contributed by atoms with Crippen molar-refractivity contribution in [3.8, 4) is 11.3 Å². The molecule has 1 saturated carbocycles. The smallest absolute Gasteiger partial charge is 0.341 e. The van der Waals surface area contributed by atoms with Crippen molar-refractivity contribution < 1.29 is 14.3 Å². The Labute approximate surface area is 233 Å². The molecule has 212 valence electrons. The SMILES string of the molecule is CC(CO[Si](C(C)C)(C(C)C)C(C)C)c1[nH]n2c(=O)cc(-c3ccc(C4CCCCC4)cc3)nc2c1C(=O)O. The molecule has 0 amide bonds. The molecule has 2 N–H and O–H groups in total. The third-order valence-corrected chi connectivity index (χ3v) is 15.0. The minimum absolute atomic E-state index is 0.0368. The largest absolute Gasteiger partial charge is 0.477 e. The maximum atomic E-state index is 13.2. The molecule has 8 heteroatoms. The maximum absolute atomic E-state index is 13.2. The fourth-order valence-corrected chi connectivity index (χ4v) is 12.5. The van der Waals surface area contributed by atoms with Gasteiger partial charge in [0.15, 0.2) is 14.0 Å². The molecular weight excluding hydrogens is 506 g/mol. The number of carboxylic acids is 1. The minimum Gasteiger partial charge on any atom is -0.477 e. The van der Waals surface area contributed by atoms with E-state index in [1.165, 1.54) is 48.2 Å². The lowest BCUT2D eigenvalue weighted by molar-refractivity contribution is 0.0696. The Balaban J connectivity index is 1.68. The van der Waals surface area contributed by atoms with E-state index in [1.807, 2.05) is 19.1 Å². The molecule has 3 aromatic rings. The molecule has 7 nitrogen and oxygen atoms in total. The molecule has 4 rings (SSSR count). The standard InChI is InChI=1S/C31H45N3O4Si/c1-19(2)39(20(3)4,21(5)6)38-18-22(7)29-28(31(36)37)30-32-26(17-27(35)34(30)33-29)25-15-13-24(14-16-25)23-11-9-8-10-12-23/h13-17,19-23,33H,8-12,18H2,1-7H3,(H,36,37). The first-order chi connectivity index (χ1) is 18.5. The predicted octanol–water partition coefficient (Wildman–Crippen LogP) is 7.73. The third kappa shape index (κ3) is 5.64. The summed E-state index contributed by atoms with van der Waals surface area (Å²) >= 11 is 0. The molecule has 0 bridgehead atoms. The van der Waals surface area contributed by atoms with Gasteiger partial charge in [0.25, 0.3) is 5.56 Å². The molecule has 2 heterocycles. The van der Waals surface area contributed by atoms with Crippen LogP contribution in [-0.4, -0.2) is 40.6 Å². The Bertz CT molecular complexity index is 1330. The number of benzene rings is 1. The number of nitrogens with zero attached hydrogens (tertiary/aromatic N) is 2. The predicted molar refractivity (Wildman–Crippen MR) is 159 cm³/mol. The van der Waals surface area contributed by atoms with E-state index < -0.39 is 14.3 Å². The van der Waals surface area contributed by atoms with E-state index in [0.717, 1.165) is 5.56 Å². The lowest BCUT2D eigenvalue weighted by Gasteiger charge is -2.42. The summed E-state index contributed by atoms with van der Waals surface area (Å²) in [5.74, 6) is -0.766. The summed E-state index contributed by atoms with van der Waals surface area (Å²) in [4.78, 5) is 30.3. The van der Waals surface area contributed by atoms with Gasteiger partial charge in [-0.15, -0.1) is 0 Å². The molecule has 1 aliphatic rings. The summed E-state index contributed by atoms with van der Waals surface area (Å²) < 4.78 is 8.02. The molecule has 2 aromatic heterocycles. The summed E-state index contributed by atoms with van der Waals surface area (Å²) in [6.07, 6.45) is 6.29. The van der Waals surface area contributed by atoms with E-state index in [-0.39, 0.29) is 22.7 Å². The number of hydrogen-bond donors (Lipinski definition) is 2. The van der Waals surface area contributed by atoms with Gasteiger partial charge < -0.3 is 9.53 Å². The number of nitrogens with one attached hydrogen (secondary N) is 1. The van der Waals surface area contributed by atoms with Crippen molar-refractivity contribution in [2.45, 2.75) is 109 Å². The van der Waals surface area contributed by atoms with Crippen molar-refractivity contribution >= 4 is 19.9 Å². The highest BCUT2D eigenvalue weighted by molar-refractivity contribution is 6.77. The van der Waals surface area contributed by atoms with Gasteiger partial charge in [-0.2, -0.15) is 0 Å². The van der Waals surface area contributed by atoms with E-state index in [0.29, 0.717) is 40.5 Å². The second-order valence-corrected chi connectivity index (χ2v) is 17.8. The van der Waals surface area contributed by atoms with Crippen LogP contribution < -0.4 is 5.56 Å². The number of rotatable bonds is 10. The molecule has 0 saturated heterocycles. The molecule has 1 fully saturated rings. The molecule has 1 unspecified atom stereocenters. The van der Waals surface area contributed by atoms with Crippen LogP contribution in [0.4, 0.5) is 0 Å². The zero-order valence-corrected chi connectivity index (χ0v) is 25.6. The fourth-order valence-electron chi connectivity index (χ4n) is 6.98. The van der Waals surface area contributed by atoms with Gasteiger partial charge in [-0.3, -0.25) is 9.89 Å². The number of aromatic nitrogens is 3. The summed E-state index contributed by atoms with van der Waals surface area (Å²) in [6, 6.07) is 9.73. The van der Waals surface area contributed by atoms with Gasteiger partial charge in [0, 0.05) is 24.2 Å². The molecule has 1 atom stereocenters. The minimum atomic E-state index is -2.13. The molecule has 1 aliphatic carbocycles. The lowest BCUT2D eigenvalue weighted by atomic mass is 9.84. The highest BCUT2D eigenvalue weighted by Gasteiger charge is 2.45. The highest BCUT2D eigenvalue weighted by Crippen LogP contribution is 2.43. The zero-order valence-electron chi connectivity index (χ0n) is 24.6. The lowest BCUT2D eigenvalue weighted by Crippen LogP contribution is -2.48. The van der Waals surface area contributed by atoms with Crippen molar-refractivity contribution in [1.29, 1.82) is 0 Å². The normalized spacial score (nSPS) is 16.1. The van der Waals surface area contributed by atoms with Gasteiger partial charge in [0.2, 0.25) is 0 Å². The van der Waals surface area contributed by atoms with Crippen LogP contribution in [0.15, 0.2) is 35.1 Å². The molecular formula is C31H45N3O4Si. The molecule has 0 aliphatic heterocycles. The van der Waals surface area contributed by atoms with Gasteiger partial charge in [-0.25, -0.2) is 14.3 Å². The number of fused-ring (bicyclic) bond motifs is 1. The first kappa shape index (κ1) is 29.3. The van der Waals surface area contributed by atoms with E-state index >= 15 is 0 Å². The van der Waals surface area contributed by atoms with Crippen molar-refractivity contribution in [3.63, 3.8) is 0 Å². The number of carbonyl (C=O) groups is 1. The first-order valence-corrected chi connectivity index (χ1v) is 16.7. The zero-order chi connectivity index (χ0) is 28.5. The highest BCUT2D eigenvalue weighted by atomic mass is 28.4. The van der Waals surface area contributed by atoms with E-state index in [1.54, 1.807) is 0 Å². The topological polar surface area (TPSA) is 96.7 Å². The monoisotopic (exact) mass is 551 g/mol. The van der Waals surface area contributed by atoms with Crippen LogP contribution in [0.5, 0.6) is 0 Å². The third-order valence-electron chi connectivity index (χ3n) is 8.92. The Kier molecular flexibility index (Phi) is 8.86. The average molecular weight is 552 g/mol. The van der Waals surface area contributed by atoms with Crippen LogP contribution in [0.1, 0.15) is 114 Å². The van der Waals surface area contributed by atoms with Crippen LogP contribution in [0.3, 0.4) is 0 Å². The number of H-pyrrole nitrogens is 1. The van der Waals surface area contributed by atoms with Gasteiger partial charge in [0.05, 0.1) is 11.4 Å². The number of hydrogen-bond acceptors (Lipinski definition) is 4. The molecule has 1 aromatic carbocycles. The number of aromatic carboxylic acids is 1.